The van der Waals surface area contributed by atoms with E-state index in [1.165, 1.54) is 7.11 Å². The number of rotatable bonds is 7. The van der Waals surface area contributed by atoms with Gasteiger partial charge in [-0.15, -0.1) is 0 Å². The Balaban J connectivity index is 1.48. The summed E-state index contributed by atoms with van der Waals surface area (Å²) in [5.41, 5.74) is 1.90. The first-order valence-corrected chi connectivity index (χ1v) is 9.73. The van der Waals surface area contributed by atoms with Gasteiger partial charge < -0.3 is 18.6 Å². The summed E-state index contributed by atoms with van der Waals surface area (Å²) in [7, 11) is 1.34. The zero-order valence-electron chi connectivity index (χ0n) is 17.1. The number of carbonyl (C=O) groups excluding carboxylic acids is 1. The number of methoxy groups -OCH3 is 1. The average Bonchev–Trinajstić information content (AvgIpc) is 3.09. The fraction of sp³-hybridized carbons (Fsp3) is 0.545. The molecule has 28 heavy (non-hydrogen) atoms. The lowest BCUT2D eigenvalue weighted by Gasteiger charge is -2.41. The highest BCUT2D eigenvalue weighted by Gasteiger charge is 2.45. The van der Waals surface area contributed by atoms with Crippen molar-refractivity contribution in [3.63, 3.8) is 0 Å². The van der Waals surface area contributed by atoms with Crippen molar-refractivity contribution in [2.75, 3.05) is 20.3 Å². The molecule has 1 aromatic heterocycles. The lowest BCUT2D eigenvalue weighted by atomic mass is 9.85. The van der Waals surface area contributed by atoms with E-state index in [1.54, 1.807) is 6.92 Å². The maximum Gasteiger partial charge on any atom is 0.366 e. The number of hydrogen-bond acceptors (Lipinski definition) is 6. The Morgan fingerprint density at radius 1 is 1.14 bits per heavy atom. The predicted octanol–water partition coefficient (Wildman–Crippen LogP) is 4.31. The highest BCUT2D eigenvalue weighted by molar-refractivity contribution is 5.77. The maximum atomic E-state index is 11.8. The molecule has 6 nitrogen and oxygen atoms in total. The van der Waals surface area contributed by atoms with Crippen LogP contribution in [0, 0.1) is 12.3 Å². The molecule has 2 heterocycles. The van der Waals surface area contributed by atoms with Gasteiger partial charge in [0.2, 0.25) is 5.89 Å². The number of carbonyl (C=O) groups is 1. The van der Waals surface area contributed by atoms with E-state index in [-0.39, 0.29) is 5.41 Å². The Morgan fingerprint density at radius 3 is 2.46 bits per heavy atom. The van der Waals surface area contributed by atoms with Crippen LogP contribution < -0.4 is 0 Å². The molecule has 0 N–H and O–H groups in total. The predicted molar refractivity (Wildman–Crippen MR) is 105 cm³/mol. The van der Waals surface area contributed by atoms with E-state index in [0.717, 1.165) is 42.7 Å². The number of esters is 1. The minimum absolute atomic E-state index is 0.110. The van der Waals surface area contributed by atoms with E-state index < -0.39 is 11.8 Å². The number of aryl methyl sites for hydroxylation is 2. The van der Waals surface area contributed by atoms with Gasteiger partial charge in [-0.1, -0.05) is 31.5 Å². The number of benzene rings is 1. The summed E-state index contributed by atoms with van der Waals surface area (Å²) in [6, 6.07) is 9.94. The summed E-state index contributed by atoms with van der Waals surface area (Å²) in [6.45, 7) is 6.64. The average molecular weight is 387 g/mol. The van der Waals surface area contributed by atoms with Crippen LogP contribution in [0.15, 0.2) is 34.7 Å². The molecule has 0 bridgehead atoms. The minimum atomic E-state index is -1.29. The number of hydrogen-bond donors (Lipinski definition) is 0. The molecule has 2 aromatic rings. The summed E-state index contributed by atoms with van der Waals surface area (Å²) in [5.74, 6) is -0.232. The first-order valence-electron chi connectivity index (χ1n) is 9.73. The molecule has 0 spiro atoms. The van der Waals surface area contributed by atoms with E-state index in [2.05, 4.69) is 11.9 Å². The van der Waals surface area contributed by atoms with Gasteiger partial charge in [-0.2, -0.15) is 0 Å². The van der Waals surface area contributed by atoms with Crippen molar-refractivity contribution >= 4 is 5.97 Å². The lowest BCUT2D eigenvalue weighted by Crippen LogP contribution is -2.51. The van der Waals surface area contributed by atoms with Crippen LogP contribution in [-0.4, -0.2) is 37.1 Å². The third-order valence-electron chi connectivity index (χ3n) is 5.31. The van der Waals surface area contributed by atoms with Gasteiger partial charge in [0.05, 0.1) is 26.0 Å². The van der Waals surface area contributed by atoms with Crippen LogP contribution in [0.25, 0.3) is 11.5 Å². The van der Waals surface area contributed by atoms with Crippen LogP contribution in [0.1, 0.15) is 44.6 Å². The second kappa shape index (κ2) is 8.45. The van der Waals surface area contributed by atoms with Gasteiger partial charge in [0.25, 0.3) is 5.79 Å². The SMILES string of the molecule is COC(=O)C1(C)OCC(C)(CCCCc2nc(-c3ccccc3)oc2C)CO1. The van der Waals surface area contributed by atoms with Crippen molar-refractivity contribution in [2.24, 2.45) is 5.41 Å². The molecule has 152 valence electrons. The summed E-state index contributed by atoms with van der Waals surface area (Å²) in [5, 5.41) is 0. The van der Waals surface area contributed by atoms with Crippen LogP contribution in [0.5, 0.6) is 0 Å². The Bertz CT molecular complexity index is 791. The Kier molecular flexibility index (Phi) is 6.20. The molecule has 3 rings (SSSR count). The standard InChI is InChI=1S/C22H29NO5/c1-16-18(23-19(28-16)17-10-6-5-7-11-17)12-8-9-13-21(2)14-26-22(3,27-15-21)20(24)25-4/h5-7,10-11H,8-9,12-15H2,1-4H3. The zero-order chi connectivity index (χ0) is 20.2. The topological polar surface area (TPSA) is 70.8 Å². The Labute approximate surface area is 166 Å². The smallest absolute Gasteiger partial charge is 0.366 e. The second-order valence-corrected chi connectivity index (χ2v) is 7.92. The molecule has 0 amide bonds. The van der Waals surface area contributed by atoms with Crippen molar-refractivity contribution in [1.29, 1.82) is 0 Å². The minimum Gasteiger partial charge on any atom is -0.465 e. The fourth-order valence-electron chi connectivity index (χ4n) is 3.36. The molecular formula is C22H29NO5. The molecular weight excluding hydrogens is 358 g/mol. The first-order chi connectivity index (χ1) is 13.4. The van der Waals surface area contributed by atoms with E-state index in [0.29, 0.717) is 19.1 Å². The van der Waals surface area contributed by atoms with Crippen molar-refractivity contribution in [1.82, 2.24) is 4.98 Å². The third-order valence-corrected chi connectivity index (χ3v) is 5.31. The first kappa shape index (κ1) is 20.6. The molecule has 0 aliphatic carbocycles. The summed E-state index contributed by atoms with van der Waals surface area (Å²) >= 11 is 0. The molecule has 0 unspecified atom stereocenters. The van der Waals surface area contributed by atoms with Crippen molar-refractivity contribution in [3.8, 4) is 11.5 Å². The van der Waals surface area contributed by atoms with Crippen molar-refractivity contribution in [3.05, 3.63) is 41.8 Å². The number of oxazole rings is 1. The third kappa shape index (κ3) is 4.62. The number of aromatic nitrogens is 1. The van der Waals surface area contributed by atoms with Gasteiger partial charge >= 0.3 is 5.97 Å². The van der Waals surface area contributed by atoms with Crippen molar-refractivity contribution < 1.29 is 23.4 Å². The number of unbranched alkanes of at least 4 members (excludes halogenated alkanes) is 1. The van der Waals surface area contributed by atoms with Gasteiger partial charge in [0.1, 0.15) is 5.76 Å². The van der Waals surface area contributed by atoms with E-state index >= 15 is 0 Å². The fourth-order valence-corrected chi connectivity index (χ4v) is 3.36. The Hall–Kier alpha value is -2.18. The molecule has 1 fully saturated rings. The van der Waals surface area contributed by atoms with Gasteiger partial charge in [0, 0.05) is 17.9 Å². The molecule has 1 aliphatic heterocycles. The highest BCUT2D eigenvalue weighted by atomic mass is 16.7. The number of ether oxygens (including phenoxy) is 3. The molecule has 0 radical (unpaired) electrons. The largest absolute Gasteiger partial charge is 0.465 e. The monoisotopic (exact) mass is 387 g/mol. The zero-order valence-corrected chi connectivity index (χ0v) is 17.1. The van der Waals surface area contributed by atoms with Crippen LogP contribution in [0.3, 0.4) is 0 Å². The highest BCUT2D eigenvalue weighted by Crippen LogP contribution is 2.34. The maximum absolute atomic E-state index is 11.8. The van der Waals surface area contributed by atoms with E-state index in [4.69, 9.17) is 18.6 Å². The van der Waals surface area contributed by atoms with Crippen molar-refractivity contribution in [2.45, 2.75) is 52.2 Å². The molecule has 0 atom stereocenters. The van der Waals surface area contributed by atoms with E-state index in [9.17, 15) is 4.79 Å². The van der Waals surface area contributed by atoms with Gasteiger partial charge in [-0.25, -0.2) is 9.78 Å². The molecule has 6 heteroatoms. The van der Waals surface area contributed by atoms with Gasteiger partial charge in [0.15, 0.2) is 0 Å². The normalized spacial score (nSPS) is 24.9. The second-order valence-electron chi connectivity index (χ2n) is 7.92. The van der Waals surface area contributed by atoms with Crippen LogP contribution >= 0.6 is 0 Å². The summed E-state index contributed by atoms with van der Waals surface area (Å²) in [6.07, 6.45) is 3.85. The van der Waals surface area contributed by atoms with Gasteiger partial charge in [-0.05, 0) is 38.3 Å². The number of nitrogens with zero attached hydrogens (tertiary/aromatic N) is 1. The van der Waals surface area contributed by atoms with E-state index in [1.807, 2.05) is 37.3 Å². The van der Waals surface area contributed by atoms with Crippen LogP contribution in [0.4, 0.5) is 0 Å². The van der Waals surface area contributed by atoms with Crippen LogP contribution in [0.2, 0.25) is 0 Å². The van der Waals surface area contributed by atoms with Gasteiger partial charge in [-0.3, -0.25) is 0 Å². The molecule has 1 aliphatic rings. The quantitative estimate of drug-likeness (QED) is 0.521. The Morgan fingerprint density at radius 2 is 1.82 bits per heavy atom. The molecule has 1 aromatic carbocycles. The molecule has 0 saturated carbocycles. The summed E-state index contributed by atoms with van der Waals surface area (Å²) < 4.78 is 22.0. The summed E-state index contributed by atoms with van der Waals surface area (Å²) in [4.78, 5) is 16.4. The molecule has 1 saturated heterocycles. The van der Waals surface area contributed by atoms with Crippen LogP contribution in [-0.2, 0) is 25.4 Å². The lowest BCUT2D eigenvalue weighted by molar-refractivity contribution is -0.288.